The predicted molar refractivity (Wildman–Crippen MR) is 92.1 cm³/mol. The van der Waals surface area contributed by atoms with Crippen LogP contribution in [0.15, 0.2) is 23.1 Å². The zero-order chi connectivity index (χ0) is 17.9. The molecule has 0 saturated carbocycles. The van der Waals surface area contributed by atoms with Gasteiger partial charge in [0.15, 0.2) is 0 Å². The molecule has 2 aliphatic rings. The highest BCUT2D eigenvalue weighted by molar-refractivity contribution is 7.89. The summed E-state index contributed by atoms with van der Waals surface area (Å²) in [5.41, 5.74) is 0.970. The number of hydrogen-bond donors (Lipinski definition) is 1. The van der Waals surface area contributed by atoms with Crippen molar-refractivity contribution in [2.24, 2.45) is 0 Å². The highest BCUT2D eigenvalue weighted by Crippen LogP contribution is 2.22. The Morgan fingerprint density at radius 3 is 2.72 bits per heavy atom. The number of morpholine rings is 1. The number of rotatable bonds is 5. The summed E-state index contributed by atoms with van der Waals surface area (Å²) in [6.45, 7) is 4.35. The van der Waals surface area contributed by atoms with Crippen molar-refractivity contribution in [1.29, 1.82) is 0 Å². The summed E-state index contributed by atoms with van der Waals surface area (Å²) in [6.07, 6.45) is 1.99. The molecule has 25 heavy (non-hydrogen) atoms. The first kappa shape index (κ1) is 18.3. The summed E-state index contributed by atoms with van der Waals surface area (Å²) in [6, 6.07) is 4.79. The van der Waals surface area contributed by atoms with Crippen molar-refractivity contribution >= 4 is 15.9 Å². The van der Waals surface area contributed by atoms with E-state index >= 15 is 0 Å². The minimum absolute atomic E-state index is 0.0472. The number of ether oxygens (including phenoxy) is 2. The molecule has 7 nitrogen and oxygen atoms in total. The summed E-state index contributed by atoms with van der Waals surface area (Å²) >= 11 is 0. The molecule has 1 amide bonds. The second-order valence-electron chi connectivity index (χ2n) is 6.34. The molecule has 0 unspecified atom stereocenters. The first-order valence-corrected chi connectivity index (χ1v) is 10.0. The molecular weight excluding hydrogens is 344 g/mol. The van der Waals surface area contributed by atoms with E-state index in [0.717, 1.165) is 19.4 Å². The highest BCUT2D eigenvalue weighted by atomic mass is 32.2. The maximum Gasteiger partial charge on any atom is 0.251 e. The Balaban J connectivity index is 1.76. The molecule has 0 radical (unpaired) electrons. The van der Waals surface area contributed by atoms with Crippen molar-refractivity contribution in [3.8, 4) is 0 Å². The zero-order valence-corrected chi connectivity index (χ0v) is 15.2. The van der Waals surface area contributed by atoms with Gasteiger partial charge < -0.3 is 14.8 Å². The maximum absolute atomic E-state index is 12.9. The monoisotopic (exact) mass is 368 g/mol. The van der Waals surface area contributed by atoms with E-state index in [0.29, 0.717) is 44.0 Å². The van der Waals surface area contributed by atoms with Crippen LogP contribution < -0.4 is 5.32 Å². The van der Waals surface area contributed by atoms with Crippen molar-refractivity contribution in [1.82, 2.24) is 9.62 Å². The number of amides is 1. The van der Waals surface area contributed by atoms with Crippen molar-refractivity contribution in [2.45, 2.75) is 30.8 Å². The minimum Gasteiger partial charge on any atom is -0.379 e. The van der Waals surface area contributed by atoms with Crippen LogP contribution in [-0.4, -0.2) is 64.2 Å². The maximum atomic E-state index is 12.9. The van der Waals surface area contributed by atoms with Crippen LogP contribution in [0.25, 0.3) is 0 Å². The average Bonchev–Trinajstić information content (AvgIpc) is 3.14. The molecular formula is C17H24N2O5S. The third kappa shape index (κ3) is 4.20. The Morgan fingerprint density at radius 2 is 2.04 bits per heavy atom. The molecule has 1 N–H and O–H groups in total. The Hall–Kier alpha value is -1.48. The quantitative estimate of drug-likeness (QED) is 0.836. The van der Waals surface area contributed by atoms with Crippen molar-refractivity contribution in [3.63, 3.8) is 0 Å². The summed E-state index contributed by atoms with van der Waals surface area (Å²) in [5, 5.41) is 2.83. The number of carbonyl (C=O) groups is 1. The lowest BCUT2D eigenvalue weighted by atomic mass is 10.1. The molecule has 3 rings (SSSR count). The second-order valence-corrected chi connectivity index (χ2v) is 8.25. The van der Waals surface area contributed by atoms with Crippen LogP contribution in [0.5, 0.6) is 0 Å². The van der Waals surface area contributed by atoms with Gasteiger partial charge in [0.2, 0.25) is 10.0 Å². The molecule has 2 saturated heterocycles. The Labute approximate surface area is 148 Å². The minimum atomic E-state index is -3.63. The van der Waals surface area contributed by atoms with Gasteiger partial charge in [-0.25, -0.2) is 8.42 Å². The largest absolute Gasteiger partial charge is 0.379 e. The molecule has 0 spiro atoms. The summed E-state index contributed by atoms with van der Waals surface area (Å²) in [7, 11) is -3.63. The van der Waals surface area contributed by atoms with E-state index in [2.05, 4.69) is 5.32 Å². The number of nitrogens with zero attached hydrogens (tertiary/aromatic N) is 1. The van der Waals surface area contributed by atoms with Gasteiger partial charge in [0, 0.05) is 31.8 Å². The van der Waals surface area contributed by atoms with Gasteiger partial charge in [-0.05, 0) is 37.5 Å². The van der Waals surface area contributed by atoms with E-state index < -0.39 is 10.0 Å². The van der Waals surface area contributed by atoms with E-state index in [1.807, 2.05) is 0 Å². The van der Waals surface area contributed by atoms with E-state index in [1.165, 1.54) is 10.4 Å². The second kappa shape index (κ2) is 7.82. The lowest BCUT2D eigenvalue weighted by molar-refractivity contribution is 0.0730. The van der Waals surface area contributed by atoms with Crippen LogP contribution in [0.4, 0.5) is 0 Å². The fourth-order valence-electron chi connectivity index (χ4n) is 3.06. The number of hydrogen-bond acceptors (Lipinski definition) is 5. The number of sulfonamides is 1. The SMILES string of the molecule is Cc1ccc(C(=O)NC[C@H]2CCCO2)cc1S(=O)(=O)N1CCOCC1. The molecule has 1 aromatic rings. The number of carbonyl (C=O) groups excluding carboxylic acids is 1. The molecule has 0 aromatic heterocycles. The molecule has 8 heteroatoms. The van der Waals surface area contributed by atoms with Gasteiger partial charge >= 0.3 is 0 Å². The van der Waals surface area contributed by atoms with Crippen LogP contribution in [0.1, 0.15) is 28.8 Å². The molecule has 138 valence electrons. The van der Waals surface area contributed by atoms with Crippen LogP contribution in [0.2, 0.25) is 0 Å². The van der Waals surface area contributed by atoms with Gasteiger partial charge in [-0.15, -0.1) is 0 Å². The van der Waals surface area contributed by atoms with Gasteiger partial charge in [-0.3, -0.25) is 4.79 Å². The first-order chi connectivity index (χ1) is 12.0. The Bertz CT molecular complexity index is 723. The smallest absolute Gasteiger partial charge is 0.251 e. The molecule has 0 aliphatic carbocycles. The molecule has 2 heterocycles. The van der Waals surface area contributed by atoms with Crippen molar-refractivity contribution < 1.29 is 22.7 Å². The van der Waals surface area contributed by atoms with Gasteiger partial charge in [0.1, 0.15) is 0 Å². The van der Waals surface area contributed by atoms with Gasteiger partial charge in [-0.1, -0.05) is 6.07 Å². The zero-order valence-electron chi connectivity index (χ0n) is 14.4. The number of aryl methyl sites for hydroxylation is 1. The molecule has 2 fully saturated rings. The normalized spacial score (nSPS) is 22.0. The summed E-state index contributed by atoms with van der Waals surface area (Å²) < 4.78 is 37.9. The molecule has 0 bridgehead atoms. The van der Waals surface area contributed by atoms with Crippen LogP contribution in [0.3, 0.4) is 0 Å². The number of benzene rings is 1. The van der Waals surface area contributed by atoms with Crippen molar-refractivity contribution in [3.05, 3.63) is 29.3 Å². The van der Waals surface area contributed by atoms with E-state index in [1.54, 1.807) is 19.1 Å². The molecule has 1 aromatic carbocycles. The van der Waals surface area contributed by atoms with Crippen LogP contribution in [0, 0.1) is 6.92 Å². The van der Waals surface area contributed by atoms with Crippen LogP contribution >= 0.6 is 0 Å². The standard InChI is InChI=1S/C17H24N2O5S/c1-13-4-5-14(17(20)18-12-15-3-2-8-24-15)11-16(13)25(21,22)19-6-9-23-10-7-19/h4-5,11,15H,2-3,6-10,12H2,1H3,(H,18,20)/t15-/m1/s1. The topological polar surface area (TPSA) is 84.9 Å². The molecule has 1 atom stereocenters. The Kier molecular flexibility index (Phi) is 5.73. The highest BCUT2D eigenvalue weighted by Gasteiger charge is 2.28. The van der Waals surface area contributed by atoms with E-state index in [9.17, 15) is 13.2 Å². The molecule has 2 aliphatic heterocycles. The third-order valence-electron chi connectivity index (χ3n) is 4.55. The Morgan fingerprint density at radius 1 is 1.28 bits per heavy atom. The van der Waals surface area contributed by atoms with E-state index in [-0.39, 0.29) is 16.9 Å². The fourth-order valence-corrected chi connectivity index (χ4v) is 4.72. The summed E-state index contributed by atoms with van der Waals surface area (Å²) in [5.74, 6) is -0.283. The van der Waals surface area contributed by atoms with Crippen LogP contribution in [-0.2, 0) is 19.5 Å². The third-order valence-corrected chi connectivity index (χ3v) is 6.59. The number of nitrogens with one attached hydrogen (secondary N) is 1. The van der Waals surface area contributed by atoms with Gasteiger partial charge in [0.25, 0.3) is 5.91 Å². The summed E-state index contributed by atoms with van der Waals surface area (Å²) in [4.78, 5) is 12.6. The van der Waals surface area contributed by atoms with E-state index in [4.69, 9.17) is 9.47 Å². The lowest BCUT2D eigenvalue weighted by Crippen LogP contribution is -2.41. The average molecular weight is 368 g/mol. The van der Waals surface area contributed by atoms with Gasteiger partial charge in [0.05, 0.1) is 24.2 Å². The van der Waals surface area contributed by atoms with Crippen molar-refractivity contribution in [2.75, 3.05) is 39.5 Å². The van der Waals surface area contributed by atoms with Gasteiger partial charge in [-0.2, -0.15) is 4.31 Å². The first-order valence-electron chi connectivity index (χ1n) is 8.57. The lowest BCUT2D eigenvalue weighted by Gasteiger charge is -2.26. The predicted octanol–water partition coefficient (Wildman–Crippen LogP) is 0.925. The fraction of sp³-hybridized carbons (Fsp3) is 0.588.